The number of fused-ring (bicyclic) bond motifs is 1. The normalized spacial score (nSPS) is 12.9. The lowest BCUT2D eigenvalue weighted by Crippen LogP contribution is -2.24. The van der Waals surface area contributed by atoms with Crippen LogP contribution in [0, 0.1) is 0 Å². The summed E-state index contributed by atoms with van der Waals surface area (Å²) >= 11 is 17.7. The van der Waals surface area contributed by atoms with Gasteiger partial charge in [0.05, 0.1) is 15.4 Å². The molecule has 2 nitrogen and oxygen atoms in total. The van der Waals surface area contributed by atoms with E-state index in [0.29, 0.717) is 10.0 Å². The fourth-order valence-corrected chi connectivity index (χ4v) is 5.21. The van der Waals surface area contributed by atoms with E-state index in [4.69, 9.17) is 28.2 Å². The Morgan fingerprint density at radius 2 is 1.77 bits per heavy atom. The smallest absolute Gasteiger partial charge is 0.0678 e. The number of benzene rings is 2. The van der Waals surface area contributed by atoms with Crippen molar-refractivity contribution >= 4 is 73.0 Å². The van der Waals surface area contributed by atoms with Crippen molar-refractivity contribution in [3.8, 4) is 10.4 Å². The Morgan fingerprint density at radius 1 is 1.03 bits per heavy atom. The minimum Gasteiger partial charge on any atom is -0.304 e. The van der Waals surface area contributed by atoms with Gasteiger partial charge >= 0.3 is 0 Å². The molecule has 7 heteroatoms. The topological polar surface area (TPSA) is 15.6 Å². The highest BCUT2D eigenvalue weighted by molar-refractivity contribution is 9.10. The molecule has 0 amide bonds. The first-order valence-corrected chi connectivity index (χ1v) is 12.7. The van der Waals surface area contributed by atoms with Crippen LogP contribution < -0.4 is 5.36 Å². The number of hydrogen-bond acceptors (Lipinski definition) is 3. The van der Waals surface area contributed by atoms with Crippen molar-refractivity contribution in [1.29, 1.82) is 0 Å². The second-order valence-electron chi connectivity index (χ2n) is 7.41. The maximum absolute atomic E-state index is 6.27. The van der Waals surface area contributed by atoms with Crippen molar-refractivity contribution in [2.24, 2.45) is 4.99 Å². The van der Waals surface area contributed by atoms with Gasteiger partial charge in [-0.2, -0.15) is 0 Å². The Kier molecular flexibility index (Phi) is 10.8. The lowest BCUT2D eigenvalue weighted by Gasteiger charge is -2.18. The van der Waals surface area contributed by atoms with Crippen LogP contribution in [0.3, 0.4) is 0 Å². The first kappa shape index (κ1) is 26.6. The van der Waals surface area contributed by atoms with E-state index in [9.17, 15) is 0 Å². The van der Waals surface area contributed by atoms with Gasteiger partial charge in [0.2, 0.25) is 0 Å². The Labute approximate surface area is 213 Å². The second kappa shape index (κ2) is 12.6. The molecule has 1 heterocycles. The van der Waals surface area contributed by atoms with Crippen LogP contribution in [0.1, 0.15) is 33.6 Å². The Balaban J connectivity index is 0.00000341. The summed E-state index contributed by atoms with van der Waals surface area (Å²) in [7, 11) is 0. The molecular formula is C24H28BrCl3N2S. The molecule has 0 fully saturated rings. The molecule has 0 radical (unpaired) electrons. The largest absolute Gasteiger partial charge is 0.304 e. The summed E-state index contributed by atoms with van der Waals surface area (Å²) in [5, 5.41) is 3.35. The van der Waals surface area contributed by atoms with Crippen LogP contribution in [0.5, 0.6) is 0 Å². The molecule has 0 aliphatic carbocycles. The third-order valence-electron chi connectivity index (χ3n) is 5.26. The van der Waals surface area contributed by atoms with E-state index in [-0.39, 0.29) is 18.4 Å². The molecule has 1 atom stereocenters. The number of rotatable bonds is 8. The van der Waals surface area contributed by atoms with E-state index in [1.165, 1.54) is 10.1 Å². The van der Waals surface area contributed by atoms with E-state index in [2.05, 4.69) is 65.9 Å². The van der Waals surface area contributed by atoms with Gasteiger partial charge in [0, 0.05) is 25.5 Å². The summed E-state index contributed by atoms with van der Waals surface area (Å²) < 4.78 is 2.27. The molecule has 3 aromatic rings. The zero-order chi connectivity index (χ0) is 21.7. The van der Waals surface area contributed by atoms with E-state index < -0.39 is 0 Å². The van der Waals surface area contributed by atoms with Gasteiger partial charge in [-0.1, -0.05) is 59.0 Å². The van der Waals surface area contributed by atoms with Gasteiger partial charge in [0.25, 0.3) is 0 Å². The second-order valence-corrected chi connectivity index (χ2v) is 10.2. The minimum absolute atomic E-state index is 0. The van der Waals surface area contributed by atoms with Gasteiger partial charge < -0.3 is 4.90 Å². The highest BCUT2D eigenvalue weighted by Gasteiger charge is 2.09. The van der Waals surface area contributed by atoms with E-state index in [0.717, 1.165) is 52.7 Å². The fourth-order valence-electron chi connectivity index (χ4n) is 3.49. The van der Waals surface area contributed by atoms with Crippen LogP contribution in [0.15, 0.2) is 51.9 Å². The third-order valence-corrected chi connectivity index (χ3v) is 7.64. The number of halogens is 4. The molecule has 168 valence electrons. The molecule has 0 saturated heterocycles. The lowest BCUT2D eigenvalue weighted by atomic mass is 10.1. The highest BCUT2D eigenvalue weighted by atomic mass is 79.9. The van der Waals surface area contributed by atoms with Gasteiger partial charge in [0.15, 0.2) is 0 Å². The molecule has 0 saturated carbocycles. The van der Waals surface area contributed by atoms with Crippen LogP contribution in [0.4, 0.5) is 0 Å². The van der Waals surface area contributed by atoms with Crippen LogP contribution in [0.25, 0.3) is 20.5 Å². The molecular weight excluding hydrogens is 535 g/mol. The van der Waals surface area contributed by atoms with Crippen LogP contribution in [-0.2, 0) is 0 Å². The molecule has 0 bridgehead atoms. The summed E-state index contributed by atoms with van der Waals surface area (Å²) in [5.74, 6) is 0. The third kappa shape index (κ3) is 7.18. The fraction of sp³-hybridized carbons (Fsp3) is 0.375. The monoisotopic (exact) mass is 560 g/mol. The quantitative estimate of drug-likeness (QED) is 0.269. The van der Waals surface area contributed by atoms with Gasteiger partial charge in [0.1, 0.15) is 0 Å². The van der Waals surface area contributed by atoms with E-state index >= 15 is 0 Å². The standard InChI is InChI=1S/C24H27BrCl2N2S.ClH/c1-4-29(5-2)12-6-7-16(3)28-22-15-24(17-8-10-20(26)21(27)13-17)30-23-11-9-18(25)14-19(22)23;/h8-11,13-16H,4-7,12H2,1-3H3;1H. The molecule has 1 unspecified atom stereocenters. The molecule has 2 aromatic carbocycles. The molecule has 31 heavy (non-hydrogen) atoms. The summed E-state index contributed by atoms with van der Waals surface area (Å²) in [5.41, 5.74) is 1.06. The SMILES string of the molecule is CCN(CC)CCCC(C)N=c1cc(-c2ccc(Cl)c(Cl)c2)sc2ccc(Br)cc12.Cl. The minimum atomic E-state index is 0. The van der Waals surface area contributed by atoms with E-state index in [1.54, 1.807) is 11.3 Å². The molecule has 0 spiro atoms. The zero-order valence-electron chi connectivity index (χ0n) is 18.0. The first-order chi connectivity index (χ1) is 14.4. The van der Waals surface area contributed by atoms with Crippen molar-refractivity contribution in [3.05, 3.63) is 62.3 Å². The van der Waals surface area contributed by atoms with Crippen molar-refractivity contribution in [3.63, 3.8) is 0 Å². The van der Waals surface area contributed by atoms with Crippen molar-refractivity contribution in [2.75, 3.05) is 19.6 Å². The van der Waals surface area contributed by atoms with Gasteiger partial charge in [-0.25, -0.2) is 0 Å². The lowest BCUT2D eigenvalue weighted by molar-refractivity contribution is 0.294. The highest BCUT2D eigenvalue weighted by Crippen LogP contribution is 2.33. The zero-order valence-corrected chi connectivity index (χ0v) is 22.7. The van der Waals surface area contributed by atoms with Crippen LogP contribution in [-0.4, -0.2) is 30.6 Å². The van der Waals surface area contributed by atoms with Gasteiger partial charge in [-0.15, -0.1) is 23.7 Å². The first-order valence-electron chi connectivity index (χ1n) is 10.4. The van der Waals surface area contributed by atoms with Gasteiger partial charge in [-0.3, -0.25) is 4.99 Å². The Morgan fingerprint density at radius 3 is 2.45 bits per heavy atom. The van der Waals surface area contributed by atoms with Crippen LogP contribution in [0.2, 0.25) is 10.0 Å². The van der Waals surface area contributed by atoms with Crippen molar-refractivity contribution in [2.45, 2.75) is 39.7 Å². The molecule has 3 rings (SSSR count). The summed E-state index contributed by atoms with van der Waals surface area (Å²) in [4.78, 5) is 8.71. The van der Waals surface area contributed by atoms with Crippen molar-refractivity contribution < 1.29 is 0 Å². The van der Waals surface area contributed by atoms with Gasteiger partial charge in [-0.05, 0) is 81.4 Å². The number of hydrogen-bond donors (Lipinski definition) is 0. The number of nitrogens with zero attached hydrogens (tertiary/aromatic N) is 2. The molecule has 1 aromatic heterocycles. The summed E-state index contributed by atoms with van der Waals surface area (Å²) in [6, 6.07) is 14.6. The summed E-state index contributed by atoms with van der Waals surface area (Å²) in [6.07, 6.45) is 2.23. The van der Waals surface area contributed by atoms with Crippen LogP contribution >= 0.6 is 62.9 Å². The van der Waals surface area contributed by atoms with Crippen molar-refractivity contribution in [1.82, 2.24) is 4.90 Å². The Hall–Kier alpha value is -0.620. The maximum atomic E-state index is 6.27. The average molecular weight is 563 g/mol. The average Bonchev–Trinajstić information content (AvgIpc) is 2.73. The predicted octanol–water partition coefficient (Wildman–Crippen LogP) is 8.47. The molecule has 0 N–H and O–H groups in total. The van der Waals surface area contributed by atoms with E-state index in [1.807, 2.05) is 18.2 Å². The molecule has 0 aliphatic rings. The maximum Gasteiger partial charge on any atom is 0.0678 e. The molecule has 0 aliphatic heterocycles. The Bertz CT molecular complexity index is 1080. The summed E-state index contributed by atoms with van der Waals surface area (Å²) in [6.45, 7) is 9.99. The predicted molar refractivity (Wildman–Crippen MR) is 144 cm³/mol.